The monoisotopic (exact) mass is 270 g/mol. The van der Waals surface area contributed by atoms with Crippen molar-refractivity contribution in [2.45, 2.75) is 0 Å². The molecule has 0 aliphatic rings. The lowest BCUT2D eigenvalue weighted by molar-refractivity contribution is 0.0206. The molecule has 0 radical (unpaired) electrons. The Morgan fingerprint density at radius 3 is 1.69 bits per heavy atom. The van der Waals surface area contributed by atoms with Crippen LogP contribution in [0.4, 0.5) is 4.79 Å². The van der Waals surface area contributed by atoms with Gasteiger partial charge in [-0.05, 0) is 12.5 Å². The summed E-state index contributed by atoms with van der Waals surface area (Å²) in [7, 11) is 0. The fourth-order valence-electron chi connectivity index (χ4n) is 0.694. The van der Waals surface area contributed by atoms with E-state index in [0.29, 0.717) is 25.1 Å². The molecule has 0 N–H and O–H groups in total. The Kier molecular flexibility index (Phi) is 12.9. The summed E-state index contributed by atoms with van der Waals surface area (Å²) in [5.41, 5.74) is 0. The molecule has 0 atom stereocenters. The average molecular weight is 270 g/mol. The smallest absolute Gasteiger partial charge is 0.432 e. The van der Waals surface area contributed by atoms with Crippen molar-refractivity contribution in [2.75, 3.05) is 50.8 Å². The highest BCUT2D eigenvalue weighted by molar-refractivity contribution is 7.98. The van der Waals surface area contributed by atoms with Gasteiger partial charge in [-0.3, -0.25) is 0 Å². The molecule has 0 saturated heterocycles. The number of rotatable bonds is 10. The SMILES string of the molecule is CSCOCCOC(=O)OCCOCSC. The quantitative estimate of drug-likeness (QED) is 0.341. The lowest BCUT2D eigenvalue weighted by atomic mass is 10.8. The second-order valence-corrected chi connectivity index (χ2v) is 4.20. The molecule has 0 amide bonds. The summed E-state index contributed by atoms with van der Waals surface area (Å²) in [4.78, 5) is 10.9. The van der Waals surface area contributed by atoms with Crippen LogP contribution in [-0.2, 0) is 18.9 Å². The minimum Gasteiger partial charge on any atom is -0.432 e. The van der Waals surface area contributed by atoms with E-state index >= 15 is 0 Å². The number of thioether (sulfide) groups is 2. The first kappa shape index (κ1) is 15.9. The molecule has 0 rings (SSSR count). The van der Waals surface area contributed by atoms with Crippen molar-refractivity contribution >= 4 is 29.7 Å². The topological polar surface area (TPSA) is 54.0 Å². The Hall–Kier alpha value is -0.110. The van der Waals surface area contributed by atoms with E-state index in [-0.39, 0.29) is 13.2 Å². The summed E-state index contributed by atoms with van der Waals surface area (Å²) in [6, 6.07) is 0. The van der Waals surface area contributed by atoms with Crippen LogP contribution in [0.3, 0.4) is 0 Å². The van der Waals surface area contributed by atoms with Crippen molar-refractivity contribution in [3.8, 4) is 0 Å². The van der Waals surface area contributed by atoms with E-state index in [2.05, 4.69) is 0 Å². The first-order valence-corrected chi connectivity index (χ1v) is 7.53. The minimum absolute atomic E-state index is 0.213. The van der Waals surface area contributed by atoms with Gasteiger partial charge in [-0.2, -0.15) is 0 Å². The van der Waals surface area contributed by atoms with Crippen LogP contribution < -0.4 is 0 Å². The molecule has 7 heteroatoms. The summed E-state index contributed by atoms with van der Waals surface area (Å²) in [5.74, 6) is 1.20. The third-order valence-corrected chi connectivity index (χ3v) is 2.10. The molecule has 0 aliphatic heterocycles. The van der Waals surface area contributed by atoms with Gasteiger partial charge in [-0.25, -0.2) is 4.79 Å². The maximum absolute atomic E-state index is 10.9. The second-order valence-electron chi connectivity index (χ2n) is 2.58. The van der Waals surface area contributed by atoms with Gasteiger partial charge in [0, 0.05) is 0 Å². The van der Waals surface area contributed by atoms with Crippen LogP contribution in [0.1, 0.15) is 0 Å². The predicted molar refractivity (Wildman–Crippen MR) is 66.0 cm³/mol. The van der Waals surface area contributed by atoms with Gasteiger partial charge >= 0.3 is 6.16 Å². The van der Waals surface area contributed by atoms with Gasteiger partial charge < -0.3 is 18.9 Å². The van der Waals surface area contributed by atoms with E-state index in [0.717, 1.165) is 0 Å². The summed E-state index contributed by atoms with van der Waals surface area (Å²) in [5, 5.41) is 0. The van der Waals surface area contributed by atoms with Crippen molar-refractivity contribution in [1.82, 2.24) is 0 Å². The fourth-order valence-corrected chi connectivity index (χ4v) is 1.26. The summed E-state index contributed by atoms with van der Waals surface area (Å²) in [6.45, 7) is 1.20. The number of hydrogen-bond acceptors (Lipinski definition) is 7. The van der Waals surface area contributed by atoms with Crippen molar-refractivity contribution in [3.05, 3.63) is 0 Å². The van der Waals surface area contributed by atoms with Crippen LogP contribution in [0, 0.1) is 0 Å². The zero-order chi connectivity index (χ0) is 12.1. The van der Waals surface area contributed by atoms with Gasteiger partial charge in [-0.1, -0.05) is 0 Å². The van der Waals surface area contributed by atoms with Crippen LogP contribution in [0.2, 0.25) is 0 Å². The number of hydrogen-bond donors (Lipinski definition) is 0. The molecule has 0 aliphatic carbocycles. The van der Waals surface area contributed by atoms with Crippen molar-refractivity contribution in [1.29, 1.82) is 0 Å². The highest BCUT2D eigenvalue weighted by Gasteiger charge is 2.02. The maximum Gasteiger partial charge on any atom is 0.508 e. The fraction of sp³-hybridized carbons (Fsp3) is 0.889. The van der Waals surface area contributed by atoms with Crippen LogP contribution in [0.15, 0.2) is 0 Å². The minimum atomic E-state index is -0.680. The van der Waals surface area contributed by atoms with Gasteiger partial charge in [-0.15, -0.1) is 23.5 Å². The average Bonchev–Trinajstić information content (AvgIpc) is 2.28. The molecule has 0 bridgehead atoms. The van der Waals surface area contributed by atoms with Crippen molar-refractivity contribution < 1.29 is 23.7 Å². The van der Waals surface area contributed by atoms with Gasteiger partial charge in [0.15, 0.2) is 0 Å². The number of carbonyl (C=O) groups is 1. The van der Waals surface area contributed by atoms with Gasteiger partial charge in [0.05, 0.1) is 25.1 Å². The molecule has 0 spiro atoms. The normalized spacial score (nSPS) is 10.1. The van der Waals surface area contributed by atoms with E-state index < -0.39 is 6.16 Å². The van der Waals surface area contributed by atoms with Crippen molar-refractivity contribution in [2.24, 2.45) is 0 Å². The van der Waals surface area contributed by atoms with E-state index in [1.807, 2.05) is 12.5 Å². The molecule has 5 nitrogen and oxygen atoms in total. The molecule has 0 aromatic rings. The third-order valence-electron chi connectivity index (χ3n) is 1.30. The first-order valence-electron chi connectivity index (χ1n) is 4.74. The Balaban J connectivity index is 3.12. The van der Waals surface area contributed by atoms with E-state index in [9.17, 15) is 4.79 Å². The number of ether oxygens (including phenoxy) is 4. The lowest BCUT2D eigenvalue weighted by Gasteiger charge is -2.06. The van der Waals surface area contributed by atoms with E-state index in [1.165, 1.54) is 0 Å². The summed E-state index contributed by atoms with van der Waals surface area (Å²) >= 11 is 3.14. The van der Waals surface area contributed by atoms with Crippen LogP contribution in [-0.4, -0.2) is 57.0 Å². The van der Waals surface area contributed by atoms with Gasteiger partial charge in [0.2, 0.25) is 0 Å². The van der Waals surface area contributed by atoms with Crippen LogP contribution in [0.25, 0.3) is 0 Å². The zero-order valence-electron chi connectivity index (χ0n) is 9.60. The zero-order valence-corrected chi connectivity index (χ0v) is 11.2. The highest BCUT2D eigenvalue weighted by atomic mass is 32.2. The molecule has 0 fully saturated rings. The van der Waals surface area contributed by atoms with Crippen LogP contribution >= 0.6 is 23.5 Å². The Morgan fingerprint density at radius 2 is 1.31 bits per heavy atom. The molecular formula is C9H18O5S2. The van der Waals surface area contributed by atoms with E-state index in [1.54, 1.807) is 23.5 Å². The summed E-state index contributed by atoms with van der Waals surface area (Å²) < 4.78 is 19.7. The molecule has 0 aromatic carbocycles. The first-order chi connectivity index (χ1) is 7.81. The largest absolute Gasteiger partial charge is 0.508 e. The maximum atomic E-state index is 10.9. The van der Waals surface area contributed by atoms with Crippen LogP contribution in [0.5, 0.6) is 0 Å². The lowest BCUT2D eigenvalue weighted by Crippen LogP contribution is -2.14. The van der Waals surface area contributed by atoms with Gasteiger partial charge in [0.1, 0.15) is 13.2 Å². The molecular weight excluding hydrogens is 252 g/mol. The molecule has 96 valence electrons. The Bertz CT molecular complexity index is 152. The third kappa shape index (κ3) is 12.0. The van der Waals surface area contributed by atoms with Gasteiger partial charge in [0.25, 0.3) is 0 Å². The second kappa shape index (κ2) is 13.0. The van der Waals surface area contributed by atoms with E-state index in [4.69, 9.17) is 18.9 Å². The number of carbonyl (C=O) groups excluding carboxylic acids is 1. The molecule has 0 saturated carbocycles. The molecule has 0 aromatic heterocycles. The van der Waals surface area contributed by atoms with Crippen molar-refractivity contribution in [3.63, 3.8) is 0 Å². The standard InChI is InChI=1S/C9H18O5S2/c1-15-7-11-3-5-13-9(10)14-6-4-12-8-16-2/h3-8H2,1-2H3. The molecule has 16 heavy (non-hydrogen) atoms. The highest BCUT2D eigenvalue weighted by Crippen LogP contribution is 1.94. The molecule has 0 unspecified atom stereocenters. The Labute approximate surface area is 105 Å². The Morgan fingerprint density at radius 1 is 0.875 bits per heavy atom. The molecule has 0 heterocycles. The predicted octanol–water partition coefficient (Wildman–Crippen LogP) is 1.81. The summed E-state index contributed by atoms with van der Waals surface area (Å²) in [6.07, 6.45) is 3.19.